The Morgan fingerprint density at radius 2 is 1.54 bits per heavy atom. The quantitative estimate of drug-likeness (QED) is 0.160. The average molecular weight is 639 g/mol. The summed E-state index contributed by atoms with van der Waals surface area (Å²) in [6.07, 6.45) is 18.0. The summed E-state index contributed by atoms with van der Waals surface area (Å²) in [6, 6.07) is 12.9. The molecule has 2 N–H and O–H groups in total. The summed E-state index contributed by atoms with van der Waals surface area (Å²) >= 11 is 8.19. The standard InChI is InChI=1S/C31H44ClN3O2S.BrH/c1-2-3-4-5-6-7-8-9-10-11-12-13-21-37-28-18-19-30(29(32)23-28)34-31(36)33-27-16-14-26(15-17-27)24-35-20-22-38-25-35;/h14-20,22-23H,2-13,21,24-25H2,1H3,(H2,33,34,36);1H. The first-order valence-corrected chi connectivity index (χ1v) is 15.7. The van der Waals surface area contributed by atoms with E-state index in [0.29, 0.717) is 17.3 Å². The maximum atomic E-state index is 12.5. The van der Waals surface area contributed by atoms with E-state index in [9.17, 15) is 4.79 Å². The smallest absolute Gasteiger partial charge is 0.323 e. The fourth-order valence-electron chi connectivity index (χ4n) is 4.44. The van der Waals surface area contributed by atoms with Crippen molar-refractivity contribution in [2.45, 2.75) is 90.5 Å². The Morgan fingerprint density at radius 3 is 2.13 bits per heavy atom. The van der Waals surface area contributed by atoms with Gasteiger partial charge in [0.15, 0.2) is 0 Å². The summed E-state index contributed by atoms with van der Waals surface area (Å²) < 4.78 is 5.87. The van der Waals surface area contributed by atoms with E-state index >= 15 is 0 Å². The number of benzene rings is 2. The molecule has 1 aliphatic rings. The van der Waals surface area contributed by atoms with Crippen LogP contribution in [0.5, 0.6) is 5.75 Å². The lowest BCUT2D eigenvalue weighted by Crippen LogP contribution is -2.19. The third-order valence-corrected chi connectivity index (χ3v) is 7.77. The molecule has 0 aromatic heterocycles. The number of urea groups is 1. The number of nitrogens with zero attached hydrogens (tertiary/aromatic N) is 1. The van der Waals surface area contributed by atoms with Gasteiger partial charge in [-0.15, -0.1) is 28.7 Å². The molecule has 0 saturated carbocycles. The second-order valence-electron chi connectivity index (χ2n) is 9.98. The van der Waals surface area contributed by atoms with Gasteiger partial charge in [-0.05, 0) is 41.7 Å². The number of ether oxygens (including phenoxy) is 1. The minimum Gasteiger partial charge on any atom is -0.494 e. The Kier molecular flexibility index (Phi) is 17.2. The highest BCUT2D eigenvalue weighted by Gasteiger charge is 2.09. The Morgan fingerprint density at radius 1 is 0.897 bits per heavy atom. The topological polar surface area (TPSA) is 53.6 Å². The fourth-order valence-corrected chi connectivity index (χ4v) is 5.37. The van der Waals surface area contributed by atoms with Gasteiger partial charge in [-0.3, -0.25) is 0 Å². The van der Waals surface area contributed by atoms with Crippen LogP contribution in [0.2, 0.25) is 5.02 Å². The Labute approximate surface area is 255 Å². The van der Waals surface area contributed by atoms with Crippen molar-refractivity contribution in [3.63, 3.8) is 0 Å². The molecular formula is C31H45BrClN3O2S. The molecule has 2 amide bonds. The van der Waals surface area contributed by atoms with Gasteiger partial charge in [0.25, 0.3) is 0 Å². The Hall–Kier alpha value is -1.83. The largest absolute Gasteiger partial charge is 0.494 e. The van der Waals surface area contributed by atoms with E-state index in [1.807, 2.05) is 30.3 Å². The molecule has 0 fully saturated rings. The number of thioether (sulfide) groups is 1. The third kappa shape index (κ3) is 13.9. The van der Waals surface area contributed by atoms with E-state index in [0.717, 1.165) is 30.3 Å². The van der Waals surface area contributed by atoms with Crippen molar-refractivity contribution in [3.8, 4) is 5.75 Å². The van der Waals surface area contributed by atoms with Gasteiger partial charge in [0, 0.05) is 24.5 Å². The molecule has 0 atom stereocenters. The van der Waals surface area contributed by atoms with Crippen molar-refractivity contribution in [1.29, 1.82) is 0 Å². The Bertz CT molecular complexity index is 990. The number of hydrogen-bond acceptors (Lipinski definition) is 4. The van der Waals surface area contributed by atoms with Crippen LogP contribution in [0.15, 0.2) is 54.1 Å². The second-order valence-corrected chi connectivity index (χ2v) is 11.3. The van der Waals surface area contributed by atoms with Crippen LogP contribution in [0.1, 0.15) is 89.5 Å². The average Bonchev–Trinajstić information content (AvgIpc) is 3.42. The van der Waals surface area contributed by atoms with Crippen molar-refractivity contribution < 1.29 is 9.53 Å². The van der Waals surface area contributed by atoms with Gasteiger partial charge >= 0.3 is 6.03 Å². The van der Waals surface area contributed by atoms with Gasteiger partial charge in [-0.2, -0.15) is 0 Å². The van der Waals surface area contributed by atoms with E-state index < -0.39 is 0 Å². The van der Waals surface area contributed by atoms with E-state index in [-0.39, 0.29) is 23.0 Å². The molecule has 0 unspecified atom stereocenters. The highest BCUT2D eigenvalue weighted by atomic mass is 79.9. The van der Waals surface area contributed by atoms with E-state index in [2.05, 4.69) is 34.1 Å². The molecule has 2 aromatic rings. The van der Waals surface area contributed by atoms with Crippen molar-refractivity contribution in [2.24, 2.45) is 0 Å². The first-order chi connectivity index (χ1) is 18.6. The minimum atomic E-state index is -0.330. The molecule has 8 heteroatoms. The van der Waals surface area contributed by atoms with E-state index in [1.54, 1.807) is 23.9 Å². The predicted molar refractivity (Wildman–Crippen MR) is 175 cm³/mol. The lowest BCUT2D eigenvalue weighted by molar-refractivity contribution is 0.262. The molecule has 216 valence electrons. The molecule has 0 spiro atoms. The number of halogens is 2. The zero-order valence-electron chi connectivity index (χ0n) is 23.3. The van der Waals surface area contributed by atoms with Crippen LogP contribution in [-0.2, 0) is 6.54 Å². The van der Waals surface area contributed by atoms with Crippen LogP contribution < -0.4 is 15.4 Å². The van der Waals surface area contributed by atoms with Crippen molar-refractivity contribution in [2.75, 3.05) is 23.1 Å². The number of unbranched alkanes of at least 4 members (excludes halogenated alkanes) is 11. The SMILES string of the molecule is Br.CCCCCCCCCCCCCCOc1ccc(NC(=O)Nc2ccc(CN3C=CSC3)cc2)c(Cl)c1. The first kappa shape index (κ1) is 33.4. The van der Waals surface area contributed by atoms with Crippen LogP contribution in [0.3, 0.4) is 0 Å². The number of rotatable bonds is 18. The highest BCUT2D eigenvalue weighted by molar-refractivity contribution is 8.93. The van der Waals surface area contributed by atoms with Crippen LogP contribution in [0.4, 0.5) is 16.2 Å². The van der Waals surface area contributed by atoms with Gasteiger partial charge in [-0.1, -0.05) is 101 Å². The number of carbonyl (C=O) groups is 1. The predicted octanol–water partition coefficient (Wildman–Crippen LogP) is 10.6. The van der Waals surface area contributed by atoms with Crippen molar-refractivity contribution >= 4 is 57.8 Å². The maximum absolute atomic E-state index is 12.5. The normalized spacial score (nSPS) is 12.3. The number of carbonyl (C=O) groups excluding carboxylic acids is 1. The van der Waals surface area contributed by atoms with E-state index in [1.165, 1.54) is 76.2 Å². The number of nitrogens with one attached hydrogen (secondary N) is 2. The lowest BCUT2D eigenvalue weighted by Gasteiger charge is -2.15. The molecule has 3 rings (SSSR count). The highest BCUT2D eigenvalue weighted by Crippen LogP contribution is 2.27. The van der Waals surface area contributed by atoms with Gasteiger partial charge in [0.2, 0.25) is 0 Å². The fraction of sp³-hybridized carbons (Fsp3) is 0.516. The molecule has 0 aliphatic carbocycles. The summed E-state index contributed by atoms with van der Waals surface area (Å²) in [7, 11) is 0. The molecular weight excluding hydrogens is 594 g/mol. The third-order valence-electron chi connectivity index (χ3n) is 6.66. The van der Waals surface area contributed by atoms with Crippen LogP contribution in [-0.4, -0.2) is 23.4 Å². The van der Waals surface area contributed by atoms with Crippen LogP contribution in [0.25, 0.3) is 0 Å². The summed E-state index contributed by atoms with van der Waals surface area (Å²) in [5.41, 5.74) is 2.48. The molecule has 0 bridgehead atoms. The van der Waals surface area contributed by atoms with Crippen molar-refractivity contribution in [3.05, 3.63) is 64.7 Å². The number of anilines is 2. The summed E-state index contributed by atoms with van der Waals surface area (Å²) in [4.78, 5) is 14.7. The zero-order valence-corrected chi connectivity index (χ0v) is 26.5. The molecule has 39 heavy (non-hydrogen) atoms. The molecule has 2 aromatic carbocycles. The van der Waals surface area contributed by atoms with Gasteiger partial charge < -0.3 is 20.3 Å². The summed E-state index contributed by atoms with van der Waals surface area (Å²) in [6.45, 7) is 3.81. The van der Waals surface area contributed by atoms with Gasteiger partial charge in [-0.25, -0.2) is 4.79 Å². The molecule has 0 radical (unpaired) electrons. The lowest BCUT2D eigenvalue weighted by atomic mass is 10.1. The summed E-state index contributed by atoms with van der Waals surface area (Å²) in [5.74, 6) is 1.71. The van der Waals surface area contributed by atoms with Crippen molar-refractivity contribution in [1.82, 2.24) is 4.90 Å². The van der Waals surface area contributed by atoms with Crippen LogP contribution >= 0.6 is 40.3 Å². The molecule has 1 heterocycles. The van der Waals surface area contributed by atoms with Crippen LogP contribution in [0, 0.1) is 0 Å². The minimum absolute atomic E-state index is 0. The maximum Gasteiger partial charge on any atom is 0.323 e. The molecule has 1 aliphatic heterocycles. The van der Waals surface area contributed by atoms with Gasteiger partial charge in [0.05, 0.1) is 23.2 Å². The first-order valence-electron chi connectivity index (χ1n) is 14.3. The number of hydrogen-bond donors (Lipinski definition) is 2. The molecule has 5 nitrogen and oxygen atoms in total. The van der Waals surface area contributed by atoms with Gasteiger partial charge in [0.1, 0.15) is 5.75 Å². The second kappa shape index (κ2) is 20.1. The Balaban J connectivity index is 0.00000533. The summed E-state index contributed by atoms with van der Waals surface area (Å²) in [5, 5.41) is 8.24. The monoisotopic (exact) mass is 637 g/mol. The molecule has 0 saturated heterocycles. The van der Waals surface area contributed by atoms with E-state index in [4.69, 9.17) is 16.3 Å². The number of amides is 2. The zero-order chi connectivity index (χ0) is 26.8.